The van der Waals surface area contributed by atoms with Gasteiger partial charge in [0.2, 0.25) is 17.7 Å². The summed E-state index contributed by atoms with van der Waals surface area (Å²) in [6.07, 6.45) is 0. The van der Waals surface area contributed by atoms with Crippen molar-refractivity contribution < 1.29 is 23.9 Å². The lowest BCUT2D eigenvalue weighted by Gasteiger charge is -2.37. The number of rotatable bonds is 5. The van der Waals surface area contributed by atoms with Crippen LogP contribution in [0.5, 0.6) is 0 Å². The van der Waals surface area contributed by atoms with E-state index in [1.165, 1.54) is 14.0 Å². The summed E-state index contributed by atoms with van der Waals surface area (Å²) >= 11 is 0. The molecule has 2 fully saturated rings. The number of fused-ring (bicyclic) bond motifs is 1. The Morgan fingerprint density at radius 3 is 2.18 bits per heavy atom. The zero-order chi connectivity index (χ0) is 21.6. The summed E-state index contributed by atoms with van der Waals surface area (Å²) in [5.74, 6) is -1.21. The number of ether oxygens (including phenoxy) is 1. The summed E-state index contributed by atoms with van der Waals surface area (Å²) in [6, 6.07) is -2.21. The van der Waals surface area contributed by atoms with E-state index in [-0.39, 0.29) is 35.0 Å². The highest BCUT2D eigenvalue weighted by Crippen LogP contribution is 2.65. The Morgan fingerprint density at radius 2 is 1.71 bits per heavy atom. The van der Waals surface area contributed by atoms with Crippen molar-refractivity contribution in [3.05, 3.63) is 0 Å². The first kappa shape index (κ1) is 22.2. The molecule has 5 atom stereocenters. The normalized spacial score (nSPS) is 27.3. The Kier molecular flexibility index (Phi) is 5.83. The van der Waals surface area contributed by atoms with E-state index >= 15 is 0 Å². The summed E-state index contributed by atoms with van der Waals surface area (Å²) in [7, 11) is 1.26. The summed E-state index contributed by atoms with van der Waals surface area (Å²) in [4.78, 5) is 51.3. The number of amides is 3. The van der Waals surface area contributed by atoms with Crippen molar-refractivity contribution in [3.63, 3.8) is 0 Å². The van der Waals surface area contributed by atoms with Crippen molar-refractivity contribution in [2.75, 3.05) is 13.7 Å². The molecule has 1 heterocycles. The maximum Gasteiger partial charge on any atom is 0.328 e. The number of likely N-dealkylation sites (tertiary alicyclic amines) is 1. The summed E-state index contributed by atoms with van der Waals surface area (Å²) in [6.45, 7) is 13.2. The lowest BCUT2D eigenvalue weighted by Crippen LogP contribution is -2.59. The number of hydrogen-bond donors (Lipinski definition) is 2. The van der Waals surface area contributed by atoms with Crippen LogP contribution in [-0.4, -0.2) is 60.4 Å². The molecule has 2 aliphatic rings. The molecule has 0 aromatic carbocycles. The van der Waals surface area contributed by atoms with E-state index in [0.717, 1.165) is 0 Å². The van der Waals surface area contributed by atoms with E-state index < -0.39 is 29.5 Å². The first-order valence-electron chi connectivity index (χ1n) is 9.69. The van der Waals surface area contributed by atoms with Crippen molar-refractivity contribution in [2.45, 2.75) is 66.6 Å². The first-order chi connectivity index (χ1) is 12.7. The molecule has 8 heteroatoms. The minimum Gasteiger partial charge on any atom is -0.467 e. The van der Waals surface area contributed by atoms with Crippen LogP contribution in [0.1, 0.15) is 48.5 Å². The van der Waals surface area contributed by atoms with Crippen LogP contribution in [0.25, 0.3) is 0 Å². The number of nitrogens with one attached hydrogen (secondary N) is 2. The molecule has 1 unspecified atom stereocenters. The van der Waals surface area contributed by atoms with Crippen molar-refractivity contribution in [1.29, 1.82) is 0 Å². The average molecular weight is 396 g/mol. The molecular weight excluding hydrogens is 362 g/mol. The van der Waals surface area contributed by atoms with Gasteiger partial charge in [-0.2, -0.15) is 0 Å². The van der Waals surface area contributed by atoms with Gasteiger partial charge in [-0.15, -0.1) is 0 Å². The molecule has 28 heavy (non-hydrogen) atoms. The van der Waals surface area contributed by atoms with E-state index in [1.807, 2.05) is 20.8 Å². The highest BCUT2D eigenvalue weighted by molar-refractivity contribution is 5.95. The van der Waals surface area contributed by atoms with Crippen LogP contribution in [-0.2, 0) is 23.9 Å². The quantitative estimate of drug-likeness (QED) is 0.667. The lowest BCUT2D eigenvalue weighted by atomic mass is 9.85. The fraction of sp³-hybridized carbons (Fsp3) is 0.800. The molecule has 158 valence electrons. The average Bonchev–Trinajstić information content (AvgIpc) is 2.94. The smallest absolute Gasteiger partial charge is 0.328 e. The number of piperidine rings is 1. The fourth-order valence-corrected chi connectivity index (χ4v) is 4.37. The molecule has 0 aromatic rings. The van der Waals surface area contributed by atoms with Gasteiger partial charge in [0, 0.05) is 13.5 Å². The zero-order valence-corrected chi connectivity index (χ0v) is 18.1. The van der Waals surface area contributed by atoms with Crippen LogP contribution < -0.4 is 10.6 Å². The highest BCUT2D eigenvalue weighted by atomic mass is 16.5. The number of nitrogens with zero attached hydrogens (tertiary/aromatic N) is 1. The van der Waals surface area contributed by atoms with E-state index in [4.69, 9.17) is 0 Å². The van der Waals surface area contributed by atoms with Crippen molar-refractivity contribution in [3.8, 4) is 0 Å². The van der Waals surface area contributed by atoms with Gasteiger partial charge in [-0.25, -0.2) is 4.79 Å². The standard InChI is InChI=1S/C20H33N3O5/c1-10(18(27)28-8)21-16(25)14-13-12(20(13,6)7)9-23(14)17(26)15(19(3,4)5)22-11(2)24/h10,12-15H,9H2,1-8H3,(H,21,25)(H,22,24)/t10-,12-,13-,14?,15+/m0/s1. The number of carbonyl (C=O) groups is 4. The monoisotopic (exact) mass is 395 g/mol. The molecule has 0 spiro atoms. The van der Waals surface area contributed by atoms with Crippen LogP contribution in [0.4, 0.5) is 0 Å². The van der Waals surface area contributed by atoms with E-state index in [1.54, 1.807) is 11.8 Å². The molecule has 1 saturated heterocycles. The third-order valence-electron chi connectivity index (χ3n) is 6.13. The Bertz CT molecular complexity index is 682. The second kappa shape index (κ2) is 7.37. The molecule has 0 radical (unpaired) electrons. The predicted octanol–water partition coefficient (Wildman–Crippen LogP) is 0.698. The Morgan fingerprint density at radius 1 is 1.14 bits per heavy atom. The van der Waals surface area contributed by atoms with Gasteiger partial charge in [0.1, 0.15) is 18.1 Å². The molecule has 3 amide bonds. The van der Waals surface area contributed by atoms with Gasteiger partial charge >= 0.3 is 5.97 Å². The Hall–Kier alpha value is -2.12. The summed E-state index contributed by atoms with van der Waals surface area (Å²) in [5, 5.41) is 5.41. The van der Waals surface area contributed by atoms with E-state index in [0.29, 0.717) is 6.54 Å². The second-order valence-corrected chi connectivity index (χ2v) is 9.64. The molecule has 0 aromatic heterocycles. The van der Waals surface area contributed by atoms with Crippen molar-refractivity contribution in [1.82, 2.24) is 15.5 Å². The van der Waals surface area contributed by atoms with Crippen molar-refractivity contribution >= 4 is 23.7 Å². The van der Waals surface area contributed by atoms with Crippen LogP contribution in [0.3, 0.4) is 0 Å². The summed E-state index contributed by atoms with van der Waals surface area (Å²) in [5.41, 5.74) is -0.552. The third-order valence-corrected chi connectivity index (χ3v) is 6.13. The lowest BCUT2D eigenvalue weighted by molar-refractivity contribution is -0.148. The molecule has 2 rings (SSSR count). The molecule has 8 nitrogen and oxygen atoms in total. The van der Waals surface area contributed by atoms with Crippen LogP contribution >= 0.6 is 0 Å². The molecule has 2 N–H and O–H groups in total. The summed E-state index contributed by atoms with van der Waals surface area (Å²) < 4.78 is 4.67. The van der Waals surface area contributed by atoms with Crippen LogP contribution in [0, 0.1) is 22.7 Å². The van der Waals surface area contributed by atoms with Gasteiger partial charge in [-0.3, -0.25) is 14.4 Å². The number of methoxy groups -OCH3 is 1. The van der Waals surface area contributed by atoms with Gasteiger partial charge < -0.3 is 20.3 Å². The number of carbonyl (C=O) groups excluding carboxylic acids is 4. The largest absolute Gasteiger partial charge is 0.467 e. The SMILES string of the molecule is COC(=O)[C@H](C)NC(=O)C1[C@@H]2[C@H](CN1C(=O)[C@@H](NC(C)=O)C(C)(C)C)C2(C)C. The van der Waals surface area contributed by atoms with E-state index in [9.17, 15) is 19.2 Å². The number of esters is 1. The fourth-order valence-electron chi connectivity index (χ4n) is 4.37. The molecule has 0 bridgehead atoms. The Balaban J connectivity index is 2.27. The maximum atomic E-state index is 13.3. The van der Waals surface area contributed by atoms with Gasteiger partial charge in [0.15, 0.2) is 0 Å². The minimum absolute atomic E-state index is 0.0271. The molecule has 1 saturated carbocycles. The molecule has 1 aliphatic carbocycles. The van der Waals surface area contributed by atoms with Gasteiger partial charge in [0.25, 0.3) is 0 Å². The van der Waals surface area contributed by atoms with E-state index in [2.05, 4.69) is 29.2 Å². The van der Waals surface area contributed by atoms with Crippen LogP contribution in [0.15, 0.2) is 0 Å². The highest BCUT2D eigenvalue weighted by Gasteiger charge is 2.69. The number of hydrogen-bond acceptors (Lipinski definition) is 5. The molecule has 1 aliphatic heterocycles. The third kappa shape index (κ3) is 4.00. The zero-order valence-electron chi connectivity index (χ0n) is 18.1. The second-order valence-electron chi connectivity index (χ2n) is 9.64. The maximum absolute atomic E-state index is 13.3. The van der Waals surface area contributed by atoms with Crippen LogP contribution in [0.2, 0.25) is 0 Å². The van der Waals surface area contributed by atoms with Gasteiger partial charge in [-0.1, -0.05) is 34.6 Å². The van der Waals surface area contributed by atoms with Gasteiger partial charge in [0.05, 0.1) is 7.11 Å². The topological polar surface area (TPSA) is 105 Å². The Labute approximate surface area is 166 Å². The minimum atomic E-state index is -0.802. The molecular formula is C20H33N3O5. The van der Waals surface area contributed by atoms with Gasteiger partial charge in [-0.05, 0) is 29.6 Å². The predicted molar refractivity (Wildman–Crippen MR) is 103 cm³/mol. The first-order valence-corrected chi connectivity index (χ1v) is 9.69. The van der Waals surface area contributed by atoms with Crippen molar-refractivity contribution in [2.24, 2.45) is 22.7 Å².